The van der Waals surface area contributed by atoms with Gasteiger partial charge in [-0.2, -0.15) is 0 Å². The topological polar surface area (TPSA) is 90.2 Å². The lowest BCUT2D eigenvalue weighted by atomic mass is 10.00. The minimum Gasteiger partial charge on any atom is -0.392 e. The van der Waals surface area contributed by atoms with Crippen molar-refractivity contribution < 1.29 is 25.2 Å². The van der Waals surface area contributed by atoms with Crippen molar-refractivity contribution in [3.8, 4) is 0 Å². The van der Waals surface area contributed by atoms with Gasteiger partial charge in [0.05, 0.1) is 18.8 Å². The molecule has 0 amide bonds. The van der Waals surface area contributed by atoms with Crippen molar-refractivity contribution >= 4 is 0 Å². The Morgan fingerprint density at radius 1 is 1.21 bits per heavy atom. The van der Waals surface area contributed by atoms with Crippen molar-refractivity contribution in [3.63, 3.8) is 0 Å². The summed E-state index contributed by atoms with van der Waals surface area (Å²) in [6.45, 7) is 0.0731. The fourth-order valence-corrected chi connectivity index (χ4v) is 2.91. The Kier molecular flexibility index (Phi) is 5.36. The largest absolute Gasteiger partial charge is 0.392 e. The SMILES string of the molecule is OCC1=CCC(C(O)OC2C(O)CC[C@@H]2O)CCC1. The van der Waals surface area contributed by atoms with Crippen LogP contribution in [0.2, 0.25) is 0 Å². The van der Waals surface area contributed by atoms with E-state index in [9.17, 15) is 15.3 Å². The highest BCUT2D eigenvalue weighted by Gasteiger charge is 2.37. The first-order valence-corrected chi connectivity index (χ1v) is 7.10. The number of hydrogen-bond donors (Lipinski definition) is 4. The Bertz CT molecular complexity index is 307. The molecule has 0 heterocycles. The summed E-state index contributed by atoms with van der Waals surface area (Å²) in [7, 11) is 0. The van der Waals surface area contributed by atoms with E-state index in [1.165, 1.54) is 0 Å². The van der Waals surface area contributed by atoms with Gasteiger partial charge >= 0.3 is 0 Å². The van der Waals surface area contributed by atoms with Gasteiger partial charge in [0, 0.05) is 5.92 Å². The quantitative estimate of drug-likeness (QED) is 0.437. The molecule has 19 heavy (non-hydrogen) atoms. The number of hydrogen-bond acceptors (Lipinski definition) is 5. The smallest absolute Gasteiger partial charge is 0.158 e. The summed E-state index contributed by atoms with van der Waals surface area (Å²) >= 11 is 0. The van der Waals surface area contributed by atoms with Crippen molar-refractivity contribution in [1.82, 2.24) is 0 Å². The van der Waals surface area contributed by atoms with E-state index in [0.717, 1.165) is 24.8 Å². The Labute approximate surface area is 113 Å². The fourth-order valence-electron chi connectivity index (χ4n) is 2.91. The van der Waals surface area contributed by atoms with E-state index in [-0.39, 0.29) is 12.5 Å². The van der Waals surface area contributed by atoms with Gasteiger partial charge < -0.3 is 25.2 Å². The molecule has 5 atom stereocenters. The molecule has 1 fully saturated rings. The maximum absolute atomic E-state index is 10.1. The molecule has 0 bridgehead atoms. The van der Waals surface area contributed by atoms with Crippen LogP contribution < -0.4 is 0 Å². The Morgan fingerprint density at radius 2 is 1.89 bits per heavy atom. The van der Waals surface area contributed by atoms with E-state index in [2.05, 4.69) is 0 Å². The summed E-state index contributed by atoms with van der Waals surface area (Å²) in [4.78, 5) is 0. The van der Waals surface area contributed by atoms with Gasteiger partial charge in [-0.25, -0.2) is 0 Å². The van der Waals surface area contributed by atoms with Crippen LogP contribution in [-0.2, 0) is 4.74 Å². The van der Waals surface area contributed by atoms with Gasteiger partial charge in [0.15, 0.2) is 6.29 Å². The van der Waals surface area contributed by atoms with Crippen LogP contribution >= 0.6 is 0 Å². The molecule has 5 nitrogen and oxygen atoms in total. The molecule has 0 aromatic carbocycles. The van der Waals surface area contributed by atoms with Crippen molar-refractivity contribution in [2.75, 3.05) is 6.61 Å². The zero-order valence-electron chi connectivity index (χ0n) is 11.1. The van der Waals surface area contributed by atoms with E-state index in [4.69, 9.17) is 9.84 Å². The zero-order valence-corrected chi connectivity index (χ0v) is 11.1. The summed E-state index contributed by atoms with van der Waals surface area (Å²) in [5.74, 6) is -0.0379. The normalized spacial score (nSPS) is 37.8. The molecule has 110 valence electrons. The lowest BCUT2D eigenvalue weighted by molar-refractivity contribution is -0.201. The van der Waals surface area contributed by atoms with Crippen LogP contribution in [0.25, 0.3) is 0 Å². The molecule has 0 aromatic heterocycles. The molecule has 0 saturated heterocycles. The predicted molar refractivity (Wildman–Crippen MR) is 69.3 cm³/mol. The lowest BCUT2D eigenvalue weighted by Crippen LogP contribution is -2.38. The number of aliphatic hydroxyl groups is 4. The van der Waals surface area contributed by atoms with E-state index < -0.39 is 24.6 Å². The third-order valence-electron chi connectivity index (χ3n) is 4.20. The van der Waals surface area contributed by atoms with Crippen molar-refractivity contribution in [2.45, 2.75) is 63.1 Å². The van der Waals surface area contributed by atoms with Crippen LogP contribution in [0.1, 0.15) is 38.5 Å². The fraction of sp³-hybridized carbons (Fsp3) is 0.857. The van der Waals surface area contributed by atoms with Gasteiger partial charge in [0.25, 0.3) is 0 Å². The summed E-state index contributed by atoms with van der Waals surface area (Å²) < 4.78 is 5.46. The number of rotatable bonds is 4. The zero-order chi connectivity index (χ0) is 13.8. The number of allylic oxidation sites excluding steroid dienone is 1. The van der Waals surface area contributed by atoms with Crippen LogP contribution in [0.15, 0.2) is 11.6 Å². The highest BCUT2D eigenvalue weighted by atomic mass is 16.6. The van der Waals surface area contributed by atoms with Gasteiger partial charge in [-0.3, -0.25) is 0 Å². The maximum Gasteiger partial charge on any atom is 0.158 e. The number of aliphatic hydroxyl groups excluding tert-OH is 4. The first-order valence-electron chi connectivity index (χ1n) is 7.10. The standard InChI is InChI=1S/C14H24O5/c15-8-9-2-1-3-10(5-4-9)14(18)19-13-11(16)6-7-12(13)17/h4,10-18H,1-3,5-8H2/t10?,11-,12?,13?,14?/m0/s1. The predicted octanol–water partition coefficient (Wildman–Crippen LogP) is 0.314. The minimum atomic E-state index is -0.971. The molecule has 0 aliphatic heterocycles. The summed E-state index contributed by atoms with van der Waals surface area (Å²) in [6.07, 6.45) is 3.19. The van der Waals surface area contributed by atoms with Crippen LogP contribution in [0.5, 0.6) is 0 Å². The summed E-state index contributed by atoms with van der Waals surface area (Å²) in [5, 5.41) is 38.6. The molecule has 2 aliphatic rings. The van der Waals surface area contributed by atoms with E-state index in [1.807, 2.05) is 6.08 Å². The first-order chi connectivity index (χ1) is 9.11. The third kappa shape index (κ3) is 3.77. The van der Waals surface area contributed by atoms with Gasteiger partial charge in [0.2, 0.25) is 0 Å². The Morgan fingerprint density at radius 3 is 2.53 bits per heavy atom. The summed E-state index contributed by atoms with van der Waals surface area (Å²) in [5.41, 5.74) is 1.01. The molecule has 5 heteroatoms. The Balaban J connectivity index is 1.89. The van der Waals surface area contributed by atoms with Gasteiger partial charge in [-0.1, -0.05) is 6.08 Å². The highest BCUT2D eigenvalue weighted by Crippen LogP contribution is 2.29. The van der Waals surface area contributed by atoms with Crippen LogP contribution in [0.4, 0.5) is 0 Å². The van der Waals surface area contributed by atoms with E-state index in [1.54, 1.807) is 0 Å². The summed E-state index contributed by atoms with van der Waals surface area (Å²) in [6, 6.07) is 0. The van der Waals surface area contributed by atoms with Crippen LogP contribution in [0, 0.1) is 5.92 Å². The van der Waals surface area contributed by atoms with Crippen LogP contribution in [0.3, 0.4) is 0 Å². The molecule has 2 aliphatic carbocycles. The first kappa shape index (κ1) is 14.9. The second-order valence-corrected chi connectivity index (χ2v) is 5.61. The van der Waals surface area contributed by atoms with Crippen molar-refractivity contribution in [2.24, 2.45) is 5.92 Å². The van der Waals surface area contributed by atoms with Crippen molar-refractivity contribution in [1.29, 1.82) is 0 Å². The van der Waals surface area contributed by atoms with Crippen molar-refractivity contribution in [3.05, 3.63) is 11.6 Å². The second kappa shape index (κ2) is 6.81. The number of ether oxygens (including phenoxy) is 1. The molecule has 0 spiro atoms. The average molecular weight is 272 g/mol. The highest BCUT2D eigenvalue weighted by molar-refractivity contribution is 5.04. The van der Waals surface area contributed by atoms with E-state index >= 15 is 0 Å². The molecule has 1 saturated carbocycles. The van der Waals surface area contributed by atoms with Gasteiger partial charge in [-0.05, 0) is 44.1 Å². The third-order valence-corrected chi connectivity index (χ3v) is 4.20. The van der Waals surface area contributed by atoms with Gasteiger partial charge in [0.1, 0.15) is 6.10 Å². The molecule has 0 radical (unpaired) electrons. The second-order valence-electron chi connectivity index (χ2n) is 5.61. The molecule has 4 N–H and O–H groups in total. The minimum absolute atomic E-state index is 0.0379. The molecular formula is C14H24O5. The molecular weight excluding hydrogens is 248 g/mol. The maximum atomic E-state index is 10.1. The monoisotopic (exact) mass is 272 g/mol. The molecule has 2 rings (SSSR count). The van der Waals surface area contributed by atoms with E-state index in [0.29, 0.717) is 19.3 Å². The molecule has 0 aromatic rings. The van der Waals surface area contributed by atoms with Crippen LogP contribution in [-0.4, -0.2) is 51.6 Å². The van der Waals surface area contributed by atoms with Gasteiger partial charge in [-0.15, -0.1) is 0 Å². The Hall–Kier alpha value is -0.460. The lowest BCUT2D eigenvalue weighted by Gasteiger charge is -2.27. The average Bonchev–Trinajstić information content (AvgIpc) is 2.63. The molecule has 4 unspecified atom stereocenters.